The zero-order valence-corrected chi connectivity index (χ0v) is 22.1. The molecule has 0 bridgehead atoms. The van der Waals surface area contributed by atoms with Gasteiger partial charge in [0.2, 0.25) is 11.8 Å². The monoisotopic (exact) mass is 529 g/mol. The van der Waals surface area contributed by atoms with E-state index in [9.17, 15) is 14.4 Å². The van der Waals surface area contributed by atoms with Crippen molar-refractivity contribution in [2.45, 2.75) is 25.8 Å². The number of imide groups is 1. The second kappa shape index (κ2) is 13.0. The average Bonchev–Trinajstić information content (AvgIpc) is 3.05. The molecule has 37 heavy (non-hydrogen) atoms. The number of carbonyl (C=O) groups is 3. The number of hydroxylamine groups is 1. The number of amides is 4. The topological polar surface area (TPSA) is 113 Å². The summed E-state index contributed by atoms with van der Waals surface area (Å²) in [5, 5.41) is 3.19. The van der Waals surface area contributed by atoms with Crippen molar-refractivity contribution >= 4 is 35.3 Å². The number of hydrogen-bond acceptors (Lipinski definition) is 7. The van der Waals surface area contributed by atoms with Crippen LogP contribution in [-0.2, 0) is 16.0 Å². The van der Waals surface area contributed by atoms with E-state index in [1.165, 1.54) is 12.0 Å². The van der Waals surface area contributed by atoms with Crippen LogP contribution in [0.15, 0.2) is 53.5 Å². The molecular weight excluding hydrogens is 498 g/mol. The molecule has 3 rings (SSSR count). The number of nitrogens with zero attached hydrogens (tertiary/aromatic N) is 3. The van der Waals surface area contributed by atoms with Crippen LogP contribution in [0.25, 0.3) is 0 Å². The summed E-state index contributed by atoms with van der Waals surface area (Å²) in [5.41, 5.74) is 3.48. The molecule has 0 unspecified atom stereocenters. The number of aliphatic imine (C=N–C) groups is 1. The molecule has 198 valence electrons. The number of ether oxygens (including phenoxy) is 1. The number of benzene rings is 2. The summed E-state index contributed by atoms with van der Waals surface area (Å²) in [6.45, 7) is 1.73. The fourth-order valence-corrected chi connectivity index (χ4v) is 4.04. The van der Waals surface area contributed by atoms with Crippen molar-refractivity contribution in [1.29, 1.82) is 0 Å². The summed E-state index contributed by atoms with van der Waals surface area (Å²) in [7, 11) is 4.76. The Balaban J connectivity index is 1.86. The molecule has 0 aromatic heterocycles. The van der Waals surface area contributed by atoms with Crippen molar-refractivity contribution < 1.29 is 24.0 Å². The molecule has 10 nitrogen and oxygen atoms in total. The summed E-state index contributed by atoms with van der Waals surface area (Å²) in [6, 6.07) is 12.7. The maximum atomic E-state index is 13.6. The van der Waals surface area contributed by atoms with Gasteiger partial charge in [-0.15, -0.1) is 0 Å². The molecule has 0 radical (unpaired) electrons. The second-order valence-electron chi connectivity index (χ2n) is 8.73. The smallest absolute Gasteiger partial charge is 0.325 e. The van der Waals surface area contributed by atoms with Gasteiger partial charge in [0.15, 0.2) is 11.6 Å². The van der Waals surface area contributed by atoms with Gasteiger partial charge in [-0.2, -0.15) is 0 Å². The Kier molecular flexibility index (Phi) is 9.73. The van der Waals surface area contributed by atoms with Gasteiger partial charge in [0.25, 0.3) is 0 Å². The average molecular weight is 530 g/mol. The molecule has 1 aliphatic rings. The highest BCUT2D eigenvalue weighted by atomic mass is 35.5. The zero-order valence-electron chi connectivity index (χ0n) is 21.4. The van der Waals surface area contributed by atoms with E-state index in [0.29, 0.717) is 28.8 Å². The number of urea groups is 1. The molecule has 4 amide bonds. The van der Waals surface area contributed by atoms with Gasteiger partial charge >= 0.3 is 6.03 Å². The van der Waals surface area contributed by atoms with Crippen LogP contribution in [0.1, 0.15) is 18.9 Å². The van der Waals surface area contributed by atoms with Crippen molar-refractivity contribution in [2.24, 2.45) is 10.9 Å². The molecule has 0 saturated carbocycles. The maximum Gasteiger partial charge on any atom is 0.325 e. The Hall–Kier alpha value is -3.79. The van der Waals surface area contributed by atoms with Crippen LogP contribution in [0.5, 0.6) is 11.5 Å². The van der Waals surface area contributed by atoms with Gasteiger partial charge in [-0.25, -0.2) is 10.3 Å². The number of methoxy groups -OCH3 is 1. The fraction of sp³-hybridized carbons (Fsp3) is 0.385. The first kappa shape index (κ1) is 27.8. The van der Waals surface area contributed by atoms with E-state index in [1.807, 2.05) is 18.2 Å². The fourth-order valence-electron chi connectivity index (χ4n) is 3.84. The Bertz CT molecular complexity index is 1140. The van der Waals surface area contributed by atoms with Crippen molar-refractivity contribution in [3.05, 3.63) is 59.1 Å². The number of rotatable bonds is 8. The molecule has 11 heteroatoms. The lowest BCUT2D eigenvalue weighted by molar-refractivity contribution is -0.133. The Morgan fingerprint density at radius 3 is 2.59 bits per heavy atom. The largest absolute Gasteiger partial charge is 0.496 e. The molecule has 0 fully saturated rings. The first-order valence-corrected chi connectivity index (χ1v) is 12.3. The molecule has 1 heterocycles. The lowest BCUT2D eigenvalue weighted by Crippen LogP contribution is -2.55. The standard InChI is InChI=1S/C26H32ClN5O5/c1-5-21(25(34)31(2)3)29-26(35)32-16-23(30-37-20-9-7-6-8-10-20)28-15-18(24(32)33)13-17-14-19(27)11-12-22(17)36-4/h6-12,14,18,21H,5,13,15-16H2,1-4H3,(H,28,30)(H,29,35)/t18-,21-/m1/s1. The minimum absolute atomic E-state index is 0.104. The summed E-state index contributed by atoms with van der Waals surface area (Å²) in [5.74, 6) is 0.0257. The van der Waals surface area contributed by atoms with Crippen molar-refractivity contribution in [3.8, 4) is 11.5 Å². The molecular formula is C26H32ClN5O5. The third-order valence-corrected chi connectivity index (χ3v) is 6.09. The number of para-hydroxylation sites is 1. The van der Waals surface area contributed by atoms with Gasteiger partial charge in [-0.05, 0) is 48.7 Å². The van der Waals surface area contributed by atoms with E-state index in [-0.39, 0.29) is 25.4 Å². The molecule has 1 aliphatic heterocycles. The first-order valence-electron chi connectivity index (χ1n) is 11.9. The SMILES string of the molecule is CC[C@@H](NC(=O)N1CC(NOc2ccccc2)=NC[C@@H](Cc2cc(Cl)ccc2OC)C1=O)C(=O)N(C)C. The number of likely N-dealkylation sites (N-methyl/N-ethyl adjacent to an activating group) is 1. The van der Waals surface area contributed by atoms with Crippen LogP contribution in [0, 0.1) is 5.92 Å². The number of nitrogens with one attached hydrogen (secondary N) is 2. The lowest BCUT2D eigenvalue weighted by Gasteiger charge is -2.27. The van der Waals surface area contributed by atoms with Crippen molar-refractivity contribution in [2.75, 3.05) is 34.3 Å². The predicted octanol–water partition coefficient (Wildman–Crippen LogP) is 2.91. The molecule has 2 aromatic carbocycles. The van der Waals surface area contributed by atoms with E-state index in [2.05, 4.69) is 15.8 Å². The minimum Gasteiger partial charge on any atom is -0.496 e. The van der Waals surface area contributed by atoms with Crippen LogP contribution in [0.4, 0.5) is 4.79 Å². The predicted molar refractivity (Wildman–Crippen MR) is 141 cm³/mol. The third kappa shape index (κ3) is 7.36. The number of hydrogen-bond donors (Lipinski definition) is 2. The van der Waals surface area contributed by atoms with E-state index in [4.69, 9.17) is 21.2 Å². The highest BCUT2D eigenvalue weighted by Gasteiger charge is 2.35. The zero-order chi connectivity index (χ0) is 26.9. The van der Waals surface area contributed by atoms with Gasteiger partial charge in [0.1, 0.15) is 11.8 Å². The summed E-state index contributed by atoms with van der Waals surface area (Å²) in [6.07, 6.45) is 0.612. The molecule has 0 saturated heterocycles. The van der Waals surface area contributed by atoms with Gasteiger partial charge in [0.05, 0.1) is 26.1 Å². The quantitative estimate of drug-likeness (QED) is 0.508. The Morgan fingerprint density at radius 2 is 1.95 bits per heavy atom. The first-order chi connectivity index (χ1) is 17.7. The van der Waals surface area contributed by atoms with Crippen molar-refractivity contribution in [3.63, 3.8) is 0 Å². The van der Waals surface area contributed by atoms with Gasteiger partial charge in [0, 0.05) is 19.1 Å². The van der Waals surface area contributed by atoms with Gasteiger partial charge in [-0.1, -0.05) is 36.7 Å². The second-order valence-corrected chi connectivity index (χ2v) is 9.17. The molecule has 0 spiro atoms. The molecule has 0 aliphatic carbocycles. The summed E-state index contributed by atoms with van der Waals surface area (Å²) in [4.78, 5) is 52.0. The molecule has 2 atom stereocenters. The lowest BCUT2D eigenvalue weighted by atomic mass is 9.97. The minimum atomic E-state index is -0.779. The van der Waals surface area contributed by atoms with Crippen LogP contribution in [-0.4, -0.2) is 73.8 Å². The van der Waals surface area contributed by atoms with E-state index in [1.54, 1.807) is 51.4 Å². The third-order valence-electron chi connectivity index (χ3n) is 5.85. The van der Waals surface area contributed by atoms with E-state index < -0.39 is 23.9 Å². The summed E-state index contributed by atoms with van der Waals surface area (Å²) >= 11 is 6.19. The molecule has 2 aromatic rings. The van der Waals surface area contributed by atoms with Crippen molar-refractivity contribution in [1.82, 2.24) is 20.6 Å². The van der Waals surface area contributed by atoms with Crippen LogP contribution in [0.2, 0.25) is 5.02 Å². The number of halogens is 1. The summed E-state index contributed by atoms with van der Waals surface area (Å²) < 4.78 is 5.43. The normalized spacial score (nSPS) is 16.2. The number of amidine groups is 1. The Morgan fingerprint density at radius 1 is 1.22 bits per heavy atom. The van der Waals surface area contributed by atoms with E-state index >= 15 is 0 Å². The van der Waals surface area contributed by atoms with Crippen LogP contribution in [0.3, 0.4) is 0 Å². The highest BCUT2D eigenvalue weighted by molar-refractivity contribution is 6.30. The van der Waals surface area contributed by atoms with Crippen LogP contribution < -0.4 is 20.4 Å². The van der Waals surface area contributed by atoms with Gasteiger partial charge < -0.3 is 19.8 Å². The van der Waals surface area contributed by atoms with Crippen LogP contribution >= 0.6 is 11.6 Å². The van der Waals surface area contributed by atoms with Gasteiger partial charge in [-0.3, -0.25) is 19.5 Å². The highest BCUT2D eigenvalue weighted by Crippen LogP contribution is 2.27. The molecule has 2 N–H and O–H groups in total. The number of carbonyl (C=O) groups excluding carboxylic acids is 3. The maximum absolute atomic E-state index is 13.6. The Labute approximate surface area is 221 Å². The van der Waals surface area contributed by atoms with E-state index in [0.717, 1.165) is 10.5 Å².